The predicted octanol–water partition coefficient (Wildman–Crippen LogP) is 3.49. The van der Waals surface area contributed by atoms with Crippen LogP contribution in [0, 0.1) is 13.8 Å². The summed E-state index contributed by atoms with van der Waals surface area (Å²) in [6.45, 7) is 4.89. The number of methoxy groups -OCH3 is 1. The standard InChI is InChI=1S/C21H30N4O3/c1-14-15(2)27-19(25-14)13-24-21(22-3)23-12-16-8-7-11-18(26-4)20(16)28-17-9-5-6-10-17/h7-8,11,17H,5-6,9-10,12-13H2,1-4H3,(H2,22,23,24). The van der Waals surface area contributed by atoms with E-state index in [-0.39, 0.29) is 6.10 Å². The van der Waals surface area contributed by atoms with Gasteiger partial charge >= 0.3 is 0 Å². The first-order chi connectivity index (χ1) is 13.6. The molecule has 1 fully saturated rings. The van der Waals surface area contributed by atoms with Crippen molar-refractivity contribution in [3.8, 4) is 11.5 Å². The SMILES string of the molecule is CN=C(NCc1nc(C)c(C)o1)NCc1cccc(OC)c1OC1CCCC1. The maximum atomic E-state index is 6.29. The van der Waals surface area contributed by atoms with Crippen molar-refractivity contribution in [3.63, 3.8) is 0 Å². The van der Waals surface area contributed by atoms with Crippen molar-refractivity contribution in [1.82, 2.24) is 15.6 Å². The van der Waals surface area contributed by atoms with Gasteiger partial charge in [-0.25, -0.2) is 4.98 Å². The van der Waals surface area contributed by atoms with E-state index in [1.807, 2.05) is 32.0 Å². The Morgan fingerprint density at radius 3 is 2.61 bits per heavy atom. The number of aromatic nitrogens is 1. The second kappa shape index (κ2) is 9.48. The zero-order valence-electron chi connectivity index (χ0n) is 17.2. The molecule has 0 amide bonds. The summed E-state index contributed by atoms with van der Waals surface area (Å²) in [5, 5.41) is 6.56. The van der Waals surface area contributed by atoms with Crippen LogP contribution in [0.1, 0.15) is 48.6 Å². The Morgan fingerprint density at radius 1 is 1.21 bits per heavy atom. The molecule has 1 heterocycles. The molecule has 0 aliphatic heterocycles. The third-order valence-electron chi connectivity index (χ3n) is 5.02. The lowest BCUT2D eigenvalue weighted by Gasteiger charge is -2.20. The monoisotopic (exact) mass is 386 g/mol. The molecule has 2 aromatic rings. The fourth-order valence-electron chi connectivity index (χ4n) is 3.34. The van der Waals surface area contributed by atoms with E-state index >= 15 is 0 Å². The number of aryl methyl sites for hydroxylation is 2. The number of oxazole rings is 1. The topological polar surface area (TPSA) is 80.9 Å². The van der Waals surface area contributed by atoms with Gasteiger partial charge in [0.2, 0.25) is 5.89 Å². The Morgan fingerprint density at radius 2 is 1.96 bits per heavy atom. The van der Waals surface area contributed by atoms with E-state index in [0.29, 0.717) is 24.9 Å². The number of guanidine groups is 1. The molecule has 28 heavy (non-hydrogen) atoms. The zero-order chi connectivity index (χ0) is 19.9. The Bertz CT molecular complexity index is 790. The van der Waals surface area contributed by atoms with E-state index in [1.165, 1.54) is 12.8 Å². The van der Waals surface area contributed by atoms with Crippen molar-refractivity contribution in [2.75, 3.05) is 14.2 Å². The zero-order valence-corrected chi connectivity index (χ0v) is 17.2. The van der Waals surface area contributed by atoms with E-state index in [0.717, 1.165) is 41.4 Å². The largest absolute Gasteiger partial charge is 0.493 e. The summed E-state index contributed by atoms with van der Waals surface area (Å²) in [6.07, 6.45) is 4.92. The van der Waals surface area contributed by atoms with Gasteiger partial charge in [0, 0.05) is 19.2 Å². The highest BCUT2D eigenvalue weighted by molar-refractivity contribution is 5.79. The second-order valence-electron chi connectivity index (χ2n) is 7.00. The summed E-state index contributed by atoms with van der Waals surface area (Å²) in [5.41, 5.74) is 1.95. The molecule has 1 aromatic carbocycles. The molecule has 2 N–H and O–H groups in total. The Labute approximate surface area is 166 Å². The molecule has 0 bridgehead atoms. The first kappa shape index (κ1) is 20.0. The molecule has 7 heteroatoms. The molecular formula is C21H30N4O3. The minimum Gasteiger partial charge on any atom is -0.493 e. The molecule has 152 valence electrons. The molecule has 1 saturated carbocycles. The van der Waals surface area contributed by atoms with Gasteiger partial charge in [0.15, 0.2) is 17.5 Å². The Hall–Kier alpha value is -2.70. The lowest BCUT2D eigenvalue weighted by molar-refractivity contribution is 0.198. The van der Waals surface area contributed by atoms with Crippen LogP contribution in [0.25, 0.3) is 0 Å². The normalized spacial score (nSPS) is 14.9. The molecule has 7 nitrogen and oxygen atoms in total. The van der Waals surface area contributed by atoms with Crippen LogP contribution in [0.2, 0.25) is 0 Å². The van der Waals surface area contributed by atoms with Crippen molar-refractivity contribution >= 4 is 5.96 Å². The van der Waals surface area contributed by atoms with Crippen molar-refractivity contribution in [2.24, 2.45) is 4.99 Å². The summed E-state index contributed by atoms with van der Waals surface area (Å²) < 4.78 is 17.4. The van der Waals surface area contributed by atoms with Gasteiger partial charge in [0.1, 0.15) is 5.76 Å². The van der Waals surface area contributed by atoms with Gasteiger partial charge in [0.25, 0.3) is 0 Å². The van der Waals surface area contributed by atoms with Crippen LogP contribution < -0.4 is 20.1 Å². The number of hydrogen-bond acceptors (Lipinski definition) is 5. The number of rotatable bonds is 7. The number of ether oxygens (including phenoxy) is 2. The summed E-state index contributed by atoms with van der Waals surface area (Å²) in [6, 6.07) is 5.97. The van der Waals surface area contributed by atoms with Gasteiger partial charge in [-0.05, 0) is 45.6 Å². The summed E-state index contributed by atoms with van der Waals surface area (Å²) in [5.74, 6) is 3.73. The minimum absolute atomic E-state index is 0.268. The van der Waals surface area contributed by atoms with Gasteiger partial charge in [0.05, 0.1) is 25.5 Å². The number of aliphatic imine (C=N–C) groups is 1. The van der Waals surface area contributed by atoms with Crippen molar-refractivity contribution in [1.29, 1.82) is 0 Å². The second-order valence-corrected chi connectivity index (χ2v) is 7.00. The minimum atomic E-state index is 0.268. The lowest BCUT2D eigenvalue weighted by atomic mass is 10.1. The van der Waals surface area contributed by atoms with Gasteiger partial charge < -0.3 is 24.5 Å². The van der Waals surface area contributed by atoms with Gasteiger partial charge in [-0.1, -0.05) is 12.1 Å². The number of hydrogen-bond donors (Lipinski definition) is 2. The van der Waals surface area contributed by atoms with Crippen LogP contribution in [0.4, 0.5) is 0 Å². The Kier molecular flexibility index (Phi) is 6.79. The third-order valence-corrected chi connectivity index (χ3v) is 5.02. The molecule has 1 aromatic heterocycles. The lowest BCUT2D eigenvalue weighted by Crippen LogP contribution is -2.36. The highest BCUT2D eigenvalue weighted by atomic mass is 16.5. The van der Waals surface area contributed by atoms with Crippen LogP contribution in [0.3, 0.4) is 0 Å². The fourth-order valence-corrected chi connectivity index (χ4v) is 3.34. The summed E-state index contributed by atoms with van der Waals surface area (Å²) in [7, 11) is 3.41. The fraction of sp³-hybridized carbons (Fsp3) is 0.524. The molecule has 0 spiro atoms. The number of nitrogens with one attached hydrogen (secondary N) is 2. The first-order valence-electron chi connectivity index (χ1n) is 9.80. The predicted molar refractivity (Wildman–Crippen MR) is 109 cm³/mol. The van der Waals surface area contributed by atoms with Gasteiger partial charge in [-0.2, -0.15) is 0 Å². The molecule has 3 rings (SSSR count). The van der Waals surface area contributed by atoms with Crippen LogP contribution in [0.5, 0.6) is 11.5 Å². The molecule has 0 atom stereocenters. The van der Waals surface area contributed by atoms with E-state index < -0.39 is 0 Å². The summed E-state index contributed by atoms with van der Waals surface area (Å²) in [4.78, 5) is 8.66. The maximum absolute atomic E-state index is 6.29. The Balaban J connectivity index is 1.63. The molecule has 0 saturated heterocycles. The van der Waals surface area contributed by atoms with Crippen molar-refractivity contribution in [2.45, 2.75) is 58.7 Å². The van der Waals surface area contributed by atoms with Gasteiger partial charge in [-0.3, -0.25) is 4.99 Å². The first-order valence-corrected chi connectivity index (χ1v) is 9.80. The van der Waals surface area contributed by atoms with Crippen LogP contribution in [0.15, 0.2) is 27.6 Å². The molecular weight excluding hydrogens is 356 g/mol. The molecule has 0 unspecified atom stereocenters. The van der Waals surface area contributed by atoms with Gasteiger partial charge in [-0.15, -0.1) is 0 Å². The van der Waals surface area contributed by atoms with E-state index in [4.69, 9.17) is 13.9 Å². The van der Waals surface area contributed by atoms with Crippen molar-refractivity contribution < 1.29 is 13.9 Å². The van der Waals surface area contributed by atoms with Crippen molar-refractivity contribution in [3.05, 3.63) is 41.1 Å². The quantitative estimate of drug-likeness (QED) is 0.560. The van der Waals surface area contributed by atoms with Crippen LogP contribution in [-0.2, 0) is 13.1 Å². The highest BCUT2D eigenvalue weighted by Gasteiger charge is 2.20. The van der Waals surface area contributed by atoms with E-state index in [1.54, 1.807) is 14.2 Å². The average Bonchev–Trinajstić information content (AvgIpc) is 3.32. The highest BCUT2D eigenvalue weighted by Crippen LogP contribution is 2.34. The number of nitrogens with zero attached hydrogens (tertiary/aromatic N) is 2. The third kappa shape index (κ3) is 4.97. The number of para-hydroxylation sites is 1. The molecule has 1 aliphatic rings. The summed E-state index contributed by atoms with van der Waals surface area (Å²) >= 11 is 0. The van der Waals surface area contributed by atoms with Crippen LogP contribution >= 0.6 is 0 Å². The number of benzene rings is 1. The van der Waals surface area contributed by atoms with Crippen LogP contribution in [-0.4, -0.2) is 31.2 Å². The van der Waals surface area contributed by atoms with E-state index in [9.17, 15) is 0 Å². The maximum Gasteiger partial charge on any atom is 0.214 e. The van der Waals surface area contributed by atoms with E-state index in [2.05, 4.69) is 20.6 Å². The molecule has 0 radical (unpaired) electrons. The average molecular weight is 386 g/mol. The molecule has 1 aliphatic carbocycles. The smallest absolute Gasteiger partial charge is 0.214 e.